The molecule has 2 rings (SSSR count). The van der Waals surface area contributed by atoms with Crippen molar-refractivity contribution in [3.05, 3.63) is 52.1 Å². The van der Waals surface area contributed by atoms with Crippen molar-refractivity contribution in [2.24, 2.45) is 0 Å². The molecule has 0 unspecified atom stereocenters. The summed E-state index contributed by atoms with van der Waals surface area (Å²) in [6.45, 7) is 10.6. The number of hydrogen-bond acceptors (Lipinski definition) is 1. The monoisotopic (exact) mass is 239 g/mol. The van der Waals surface area contributed by atoms with Gasteiger partial charge in [-0.05, 0) is 80.1 Å². The molecule has 2 aromatic carbocycles. The molecule has 0 amide bonds. The smallest absolute Gasteiger partial charge is 0.0373 e. The second kappa shape index (κ2) is 4.49. The van der Waals surface area contributed by atoms with Crippen LogP contribution in [0.4, 0.5) is 5.69 Å². The van der Waals surface area contributed by atoms with E-state index in [1.807, 2.05) is 0 Å². The van der Waals surface area contributed by atoms with Crippen molar-refractivity contribution in [3.8, 4) is 11.1 Å². The van der Waals surface area contributed by atoms with Crippen molar-refractivity contribution in [1.82, 2.24) is 0 Å². The first-order chi connectivity index (χ1) is 8.40. The van der Waals surface area contributed by atoms with Crippen molar-refractivity contribution in [1.29, 1.82) is 0 Å². The zero-order valence-corrected chi connectivity index (χ0v) is 11.9. The van der Waals surface area contributed by atoms with Crippen LogP contribution in [0.15, 0.2) is 24.3 Å². The highest BCUT2D eigenvalue weighted by Gasteiger charge is 2.09. The second-order valence-corrected chi connectivity index (χ2v) is 5.30. The largest absolute Gasteiger partial charge is 0.398 e. The summed E-state index contributed by atoms with van der Waals surface area (Å²) in [4.78, 5) is 0. The maximum absolute atomic E-state index is 6.03. The van der Waals surface area contributed by atoms with E-state index in [1.54, 1.807) is 0 Å². The molecule has 0 saturated carbocycles. The Kier molecular flexibility index (Phi) is 3.16. The number of aryl methyl sites for hydroxylation is 5. The Bertz CT molecular complexity index is 563. The van der Waals surface area contributed by atoms with Crippen LogP contribution in [0.25, 0.3) is 11.1 Å². The van der Waals surface area contributed by atoms with Crippen LogP contribution >= 0.6 is 0 Å². The van der Waals surface area contributed by atoms with Crippen molar-refractivity contribution >= 4 is 5.69 Å². The van der Waals surface area contributed by atoms with Gasteiger partial charge in [0.25, 0.3) is 0 Å². The van der Waals surface area contributed by atoms with Gasteiger partial charge in [-0.2, -0.15) is 0 Å². The van der Waals surface area contributed by atoms with Crippen LogP contribution in [0, 0.1) is 34.6 Å². The number of anilines is 1. The van der Waals surface area contributed by atoms with Crippen LogP contribution in [0.3, 0.4) is 0 Å². The Morgan fingerprint density at radius 3 is 1.56 bits per heavy atom. The summed E-state index contributed by atoms with van der Waals surface area (Å²) in [5.74, 6) is 0. The lowest BCUT2D eigenvalue weighted by atomic mass is 9.91. The van der Waals surface area contributed by atoms with E-state index in [9.17, 15) is 0 Å². The summed E-state index contributed by atoms with van der Waals surface area (Å²) in [5, 5.41) is 0. The fourth-order valence-corrected chi connectivity index (χ4v) is 2.75. The summed E-state index contributed by atoms with van der Waals surface area (Å²) in [7, 11) is 0. The van der Waals surface area contributed by atoms with Gasteiger partial charge in [-0.3, -0.25) is 0 Å². The molecule has 0 aliphatic heterocycles. The zero-order chi connectivity index (χ0) is 13.4. The molecule has 0 aliphatic carbocycles. The lowest BCUT2D eigenvalue weighted by Crippen LogP contribution is -1.96. The van der Waals surface area contributed by atoms with E-state index >= 15 is 0 Å². The Hall–Kier alpha value is -1.76. The van der Waals surface area contributed by atoms with Gasteiger partial charge in [0.1, 0.15) is 0 Å². The summed E-state index contributed by atoms with van der Waals surface area (Å²) < 4.78 is 0. The zero-order valence-electron chi connectivity index (χ0n) is 11.9. The fourth-order valence-electron chi connectivity index (χ4n) is 2.75. The van der Waals surface area contributed by atoms with Crippen LogP contribution in [-0.2, 0) is 0 Å². The highest BCUT2D eigenvalue weighted by molar-refractivity contribution is 5.75. The Morgan fingerprint density at radius 2 is 1.11 bits per heavy atom. The molecule has 2 aromatic rings. The predicted molar refractivity (Wildman–Crippen MR) is 80.0 cm³/mol. The van der Waals surface area contributed by atoms with Crippen LogP contribution < -0.4 is 5.73 Å². The van der Waals surface area contributed by atoms with Crippen molar-refractivity contribution in [3.63, 3.8) is 0 Å². The van der Waals surface area contributed by atoms with Crippen molar-refractivity contribution in [2.45, 2.75) is 34.6 Å². The molecule has 0 spiro atoms. The summed E-state index contributed by atoms with van der Waals surface area (Å²) >= 11 is 0. The third-order valence-electron chi connectivity index (χ3n) is 3.56. The Labute approximate surface area is 110 Å². The molecule has 0 radical (unpaired) electrons. The van der Waals surface area contributed by atoms with E-state index in [-0.39, 0.29) is 0 Å². The Morgan fingerprint density at radius 1 is 0.667 bits per heavy atom. The molecule has 2 N–H and O–H groups in total. The predicted octanol–water partition coefficient (Wildman–Crippen LogP) is 4.48. The number of nitrogen functional groups attached to an aromatic ring is 1. The van der Waals surface area contributed by atoms with Gasteiger partial charge < -0.3 is 5.73 Å². The highest BCUT2D eigenvalue weighted by Crippen LogP contribution is 2.31. The van der Waals surface area contributed by atoms with Gasteiger partial charge >= 0.3 is 0 Å². The van der Waals surface area contributed by atoms with Gasteiger partial charge in [-0.1, -0.05) is 17.7 Å². The second-order valence-electron chi connectivity index (χ2n) is 5.30. The van der Waals surface area contributed by atoms with E-state index in [2.05, 4.69) is 58.9 Å². The van der Waals surface area contributed by atoms with Gasteiger partial charge in [0.2, 0.25) is 0 Å². The molecule has 0 aliphatic rings. The normalized spacial score (nSPS) is 10.7. The lowest BCUT2D eigenvalue weighted by molar-refractivity contribution is 1.31. The number of benzene rings is 2. The Balaban J connectivity index is 2.70. The average Bonchev–Trinajstić information content (AvgIpc) is 2.24. The van der Waals surface area contributed by atoms with Crippen LogP contribution in [0.5, 0.6) is 0 Å². The molecule has 18 heavy (non-hydrogen) atoms. The van der Waals surface area contributed by atoms with E-state index in [0.717, 1.165) is 16.8 Å². The van der Waals surface area contributed by atoms with Crippen molar-refractivity contribution in [2.75, 3.05) is 5.73 Å². The quantitative estimate of drug-likeness (QED) is 0.730. The van der Waals surface area contributed by atoms with Crippen LogP contribution in [0.1, 0.15) is 27.8 Å². The minimum Gasteiger partial charge on any atom is -0.398 e. The van der Waals surface area contributed by atoms with Crippen LogP contribution in [-0.4, -0.2) is 0 Å². The maximum atomic E-state index is 6.03. The van der Waals surface area contributed by atoms with E-state index in [4.69, 9.17) is 5.73 Å². The standard InChI is InChI=1S/C17H21N/c1-10-6-11(2)16(12(3)7-10)15-8-13(4)17(18)14(5)9-15/h6-9H,18H2,1-5H3. The maximum Gasteiger partial charge on any atom is 0.0373 e. The SMILES string of the molecule is Cc1cc(C)c(-c2cc(C)c(N)c(C)c2)c(C)c1. The van der Waals surface area contributed by atoms with E-state index in [1.165, 1.54) is 27.8 Å². The minimum atomic E-state index is 0.904. The molecule has 0 atom stereocenters. The van der Waals surface area contributed by atoms with Gasteiger partial charge in [0.15, 0.2) is 0 Å². The van der Waals surface area contributed by atoms with Crippen molar-refractivity contribution < 1.29 is 0 Å². The first kappa shape index (κ1) is 12.7. The molecule has 0 bridgehead atoms. The molecular weight excluding hydrogens is 218 g/mol. The molecular formula is C17H21N. The number of rotatable bonds is 1. The first-order valence-electron chi connectivity index (χ1n) is 6.35. The molecule has 1 nitrogen and oxygen atoms in total. The molecule has 1 heteroatoms. The lowest BCUT2D eigenvalue weighted by Gasteiger charge is -2.14. The minimum absolute atomic E-state index is 0.904. The summed E-state index contributed by atoms with van der Waals surface area (Å²) in [6.07, 6.45) is 0. The van der Waals surface area contributed by atoms with Gasteiger partial charge in [-0.15, -0.1) is 0 Å². The third-order valence-corrected chi connectivity index (χ3v) is 3.56. The first-order valence-corrected chi connectivity index (χ1v) is 6.35. The molecule has 0 heterocycles. The molecule has 94 valence electrons. The fraction of sp³-hybridized carbons (Fsp3) is 0.294. The number of hydrogen-bond donors (Lipinski definition) is 1. The third kappa shape index (κ3) is 2.13. The topological polar surface area (TPSA) is 26.0 Å². The summed E-state index contributed by atoms with van der Waals surface area (Å²) in [5.41, 5.74) is 15.8. The molecule has 0 aromatic heterocycles. The van der Waals surface area contributed by atoms with E-state index < -0.39 is 0 Å². The molecule has 0 fully saturated rings. The van der Waals surface area contributed by atoms with Crippen LogP contribution in [0.2, 0.25) is 0 Å². The highest BCUT2D eigenvalue weighted by atomic mass is 14.6. The summed E-state index contributed by atoms with van der Waals surface area (Å²) in [6, 6.07) is 8.85. The number of nitrogens with two attached hydrogens (primary N) is 1. The molecule has 0 saturated heterocycles. The average molecular weight is 239 g/mol. The van der Waals surface area contributed by atoms with Gasteiger partial charge in [0.05, 0.1) is 0 Å². The van der Waals surface area contributed by atoms with Gasteiger partial charge in [-0.25, -0.2) is 0 Å². The van der Waals surface area contributed by atoms with E-state index in [0.29, 0.717) is 0 Å². The van der Waals surface area contributed by atoms with Gasteiger partial charge in [0, 0.05) is 5.69 Å².